The van der Waals surface area contributed by atoms with Gasteiger partial charge in [-0.15, -0.1) is 0 Å². The molecule has 3 heteroatoms. The second-order valence-corrected chi connectivity index (χ2v) is 5.38. The van der Waals surface area contributed by atoms with Crippen LogP contribution in [0.5, 0.6) is 0 Å². The molecule has 3 nitrogen and oxygen atoms in total. The van der Waals surface area contributed by atoms with Crippen LogP contribution in [0.25, 0.3) is 0 Å². The molecule has 0 aliphatic carbocycles. The van der Waals surface area contributed by atoms with E-state index in [9.17, 15) is 5.26 Å². The minimum Gasteiger partial charge on any atom is -0.296 e. The van der Waals surface area contributed by atoms with Crippen LogP contribution in [-0.4, -0.2) is 17.2 Å². The second kappa shape index (κ2) is 4.48. The largest absolute Gasteiger partial charge is 0.296 e. The molecule has 2 rings (SSSR count). The highest BCUT2D eigenvalue weighted by atomic mass is 16.7. The van der Waals surface area contributed by atoms with Gasteiger partial charge in [-0.25, -0.2) is 0 Å². The van der Waals surface area contributed by atoms with Crippen molar-refractivity contribution in [1.29, 1.82) is 5.26 Å². The maximum absolute atomic E-state index is 9.22. The van der Waals surface area contributed by atoms with Crippen molar-refractivity contribution in [3.63, 3.8) is 0 Å². The smallest absolute Gasteiger partial charge is 0.0936 e. The van der Waals surface area contributed by atoms with Crippen molar-refractivity contribution in [1.82, 2.24) is 5.06 Å². The van der Waals surface area contributed by atoms with E-state index in [1.165, 1.54) is 0 Å². The second-order valence-electron chi connectivity index (χ2n) is 5.38. The molecule has 1 aromatic carbocycles. The van der Waals surface area contributed by atoms with Crippen molar-refractivity contribution in [2.45, 2.75) is 32.4 Å². The van der Waals surface area contributed by atoms with Crippen LogP contribution < -0.4 is 0 Å². The van der Waals surface area contributed by atoms with Crippen molar-refractivity contribution in [3.8, 4) is 6.07 Å². The summed E-state index contributed by atoms with van der Waals surface area (Å²) in [5, 5.41) is 11.2. The van der Waals surface area contributed by atoms with Crippen LogP contribution in [-0.2, 0) is 4.84 Å². The third kappa shape index (κ3) is 2.33. The van der Waals surface area contributed by atoms with Gasteiger partial charge in [0, 0.05) is 5.54 Å². The standard InChI is InChI=1S/C14H18N2O/c1-14(2,3)16-13(12(9-15)10-17-16)11-7-5-4-6-8-11/h4-8,12-13H,10H2,1-3H3/t12-,13-/m0/s1. The van der Waals surface area contributed by atoms with Gasteiger partial charge in [0.05, 0.1) is 24.6 Å². The van der Waals surface area contributed by atoms with Crippen molar-refractivity contribution >= 4 is 0 Å². The van der Waals surface area contributed by atoms with Crippen LogP contribution in [0.4, 0.5) is 0 Å². The van der Waals surface area contributed by atoms with Crippen LogP contribution in [0, 0.1) is 17.2 Å². The fourth-order valence-electron chi connectivity index (χ4n) is 2.23. The number of hydroxylamine groups is 2. The number of benzene rings is 1. The molecule has 0 amide bonds. The van der Waals surface area contributed by atoms with Crippen molar-refractivity contribution in [2.75, 3.05) is 6.61 Å². The lowest BCUT2D eigenvalue weighted by molar-refractivity contribution is -0.189. The monoisotopic (exact) mass is 230 g/mol. The highest BCUT2D eigenvalue weighted by Crippen LogP contribution is 2.39. The number of rotatable bonds is 1. The highest BCUT2D eigenvalue weighted by Gasteiger charge is 2.42. The molecule has 17 heavy (non-hydrogen) atoms. The van der Waals surface area contributed by atoms with Crippen LogP contribution >= 0.6 is 0 Å². The molecule has 1 fully saturated rings. The zero-order chi connectivity index (χ0) is 12.5. The highest BCUT2D eigenvalue weighted by molar-refractivity contribution is 5.22. The zero-order valence-electron chi connectivity index (χ0n) is 10.6. The van der Waals surface area contributed by atoms with Crippen molar-refractivity contribution in [2.24, 2.45) is 5.92 Å². The fourth-order valence-corrected chi connectivity index (χ4v) is 2.23. The first-order valence-corrected chi connectivity index (χ1v) is 5.91. The molecule has 1 aliphatic heterocycles. The van der Waals surface area contributed by atoms with E-state index in [0.717, 1.165) is 5.56 Å². The van der Waals surface area contributed by atoms with E-state index in [2.05, 4.69) is 39.0 Å². The Bertz CT molecular complexity index is 416. The van der Waals surface area contributed by atoms with Gasteiger partial charge in [0.1, 0.15) is 0 Å². The minimum absolute atomic E-state index is 0.0289. The molecule has 0 bridgehead atoms. The molecule has 1 aromatic rings. The Kier molecular flexibility index (Phi) is 3.19. The average Bonchev–Trinajstić information content (AvgIpc) is 2.73. The molecule has 1 saturated heterocycles. The molecule has 0 N–H and O–H groups in total. The van der Waals surface area contributed by atoms with Gasteiger partial charge < -0.3 is 0 Å². The summed E-state index contributed by atoms with van der Waals surface area (Å²) in [4.78, 5) is 5.70. The summed E-state index contributed by atoms with van der Waals surface area (Å²) in [7, 11) is 0. The molecule has 0 spiro atoms. The third-order valence-corrected chi connectivity index (χ3v) is 3.00. The molecule has 0 unspecified atom stereocenters. The number of nitriles is 1. The number of hydrogen-bond acceptors (Lipinski definition) is 3. The topological polar surface area (TPSA) is 36.3 Å². The summed E-state index contributed by atoms with van der Waals surface area (Å²) in [6.07, 6.45) is 0. The summed E-state index contributed by atoms with van der Waals surface area (Å²) < 4.78 is 0. The van der Waals surface area contributed by atoms with Crippen LogP contribution in [0.1, 0.15) is 32.4 Å². The minimum atomic E-state index is -0.105. The quantitative estimate of drug-likeness (QED) is 0.744. The lowest BCUT2D eigenvalue weighted by Gasteiger charge is -2.35. The molecule has 1 heterocycles. The molecule has 1 aliphatic rings. The van der Waals surface area contributed by atoms with Crippen LogP contribution in [0.2, 0.25) is 0 Å². The molecule has 2 atom stereocenters. The van der Waals surface area contributed by atoms with E-state index >= 15 is 0 Å². The first kappa shape index (κ1) is 12.1. The van der Waals surface area contributed by atoms with Gasteiger partial charge in [0.2, 0.25) is 0 Å². The Balaban J connectivity index is 2.36. The number of nitrogens with zero attached hydrogens (tertiary/aromatic N) is 2. The van der Waals surface area contributed by atoms with E-state index in [1.807, 2.05) is 23.3 Å². The van der Waals surface area contributed by atoms with Gasteiger partial charge in [-0.2, -0.15) is 10.3 Å². The van der Waals surface area contributed by atoms with E-state index in [-0.39, 0.29) is 17.5 Å². The Hall–Kier alpha value is -1.37. The normalized spacial score (nSPS) is 25.8. The molecule has 90 valence electrons. The Labute approximate surface area is 103 Å². The Morgan fingerprint density at radius 1 is 1.29 bits per heavy atom. The van der Waals surface area contributed by atoms with Crippen molar-refractivity contribution in [3.05, 3.63) is 35.9 Å². The zero-order valence-corrected chi connectivity index (χ0v) is 10.6. The van der Waals surface area contributed by atoms with Crippen molar-refractivity contribution < 1.29 is 4.84 Å². The van der Waals surface area contributed by atoms with Crippen LogP contribution in [0.3, 0.4) is 0 Å². The molecular weight excluding hydrogens is 212 g/mol. The number of hydrogen-bond donors (Lipinski definition) is 0. The Morgan fingerprint density at radius 3 is 2.47 bits per heavy atom. The summed E-state index contributed by atoms with van der Waals surface area (Å²) in [6.45, 7) is 6.78. The maximum Gasteiger partial charge on any atom is 0.0936 e. The molecule has 0 radical (unpaired) electrons. The van der Waals surface area contributed by atoms with Gasteiger partial charge >= 0.3 is 0 Å². The van der Waals surface area contributed by atoms with E-state index < -0.39 is 0 Å². The first-order chi connectivity index (χ1) is 8.04. The van der Waals surface area contributed by atoms with E-state index in [1.54, 1.807) is 0 Å². The average molecular weight is 230 g/mol. The van der Waals surface area contributed by atoms with Gasteiger partial charge in [0.25, 0.3) is 0 Å². The van der Waals surface area contributed by atoms with Gasteiger partial charge in [-0.1, -0.05) is 30.3 Å². The molecular formula is C14H18N2O. The SMILES string of the molecule is CC(C)(C)N1OC[C@H](C#N)[C@@H]1c1ccccc1. The predicted molar refractivity (Wildman–Crippen MR) is 65.8 cm³/mol. The van der Waals surface area contributed by atoms with E-state index in [4.69, 9.17) is 4.84 Å². The fraction of sp³-hybridized carbons (Fsp3) is 0.500. The summed E-state index contributed by atoms with van der Waals surface area (Å²) >= 11 is 0. The maximum atomic E-state index is 9.22. The van der Waals surface area contributed by atoms with Gasteiger partial charge in [0.15, 0.2) is 0 Å². The molecule has 0 saturated carbocycles. The predicted octanol–water partition coefficient (Wildman–Crippen LogP) is 2.91. The Morgan fingerprint density at radius 2 is 1.94 bits per heavy atom. The van der Waals surface area contributed by atoms with Crippen LogP contribution in [0.15, 0.2) is 30.3 Å². The summed E-state index contributed by atoms with van der Waals surface area (Å²) in [5.74, 6) is -0.100. The van der Waals surface area contributed by atoms with E-state index in [0.29, 0.717) is 6.61 Å². The third-order valence-electron chi connectivity index (χ3n) is 3.00. The first-order valence-electron chi connectivity index (χ1n) is 5.91. The lowest BCUT2D eigenvalue weighted by Crippen LogP contribution is -2.40. The summed E-state index contributed by atoms with van der Waals surface area (Å²) in [6, 6.07) is 12.5. The summed E-state index contributed by atoms with van der Waals surface area (Å²) in [5.41, 5.74) is 1.04. The molecule has 0 aromatic heterocycles. The lowest BCUT2D eigenvalue weighted by atomic mass is 9.93. The van der Waals surface area contributed by atoms with Gasteiger partial charge in [-0.05, 0) is 26.3 Å². The van der Waals surface area contributed by atoms with Gasteiger partial charge in [-0.3, -0.25) is 4.84 Å².